The quantitative estimate of drug-likeness (QED) is 0.125. The van der Waals surface area contributed by atoms with Gasteiger partial charge in [0.1, 0.15) is 17.1 Å². The van der Waals surface area contributed by atoms with Gasteiger partial charge in [0.05, 0.1) is 58.8 Å². The number of urea groups is 2. The molecule has 0 spiro atoms. The van der Waals surface area contributed by atoms with E-state index in [9.17, 15) is 33.6 Å². The third-order valence-corrected chi connectivity index (χ3v) is 16.5. The smallest absolute Gasteiger partial charge is 0.320 e. The van der Waals surface area contributed by atoms with Crippen molar-refractivity contribution in [3.63, 3.8) is 0 Å². The molecule has 10 heterocycles. The number of imidazole rings is 2. The number of pyridine rings is 2. The first-order chi connectivity index (χ1) is 38.4. The summed E-state index contributed by atoms with van der Waals surface area (Å²) in [6, 6.07) is 19.2. The standard InChI is InChI=1S/C32H31N5O4.C29H28N6O3/c1-20(38)13-21-14-22-18-36(32(41)34-8-4-2-5-9-34)12-11-35-19-24(23(15-21)31(22)35)29-26(39)16-27(40)30(29)25-17-33-28-7-3-6-10-37(25)28;30-19-12-18-16-34(29(38)32-7-3-1-4-8-32)11-10-33-17-21(20(13-19)28(18)33)26-23(36)14-24(37)27(26)22-15-31-25-6-2-5-9-35(22)25/h3,6-7,10,14-15,17,19H,2,4-5,8-9,11-13,16,18H2,1H3;2,5-6,9,12-13,15,17H,1,3-4,7-8,10-11,14,16,30H2. The minimum absolute atomic E-state index is 0.0326. The number of hydrogen-bond donors (Lipinski definition) is 1. The number of amides is 4. The molecule has 0 saturated carbocycles. The number of ketones is 5. The molecule has 0 radical (unpaired) electrons. The molecule has 0 atom stereocenters. The highest BCUT2D eigenvalue weighted by Gasteiger charge is 2.39. The lowest BCUT2D eigenvalue weighted by atomic mass is 9.95. The van der Waals surface area contributed by atoms with Crippen molar-refractivity contribution in [1.29, 1.82) is 0 Å². The highest BCUT2D eigenvalue weighted by Crippen LogP contribution is 2.43. The first-order valence-corrected chi connectivity index (χ1v) is 27.5. The number of likely N-dealkylation sites (tertiary alicyclic amines) is 2. The second-order valence-electron chi connectivity index (χ2n) is 21.8. The van der Waals surface area contributed by atoms with Gasteiger partial charge in [-0.25, -0.2) is 19.6 Å². The molecule has 0 unspecified atom stereocenters. The van der Waals surface area contributed by atoms with E-state index in [1.54, 1.807) is 19.3 Å². The molecule has 400 valence electrons. The molecular formula is C61H59N11O7. The molecule has 2 N–H and O–H groups in total. The van der Waals surface area contributed by atoms with Crippen LogP contribution in [-0.4, -0.2) is 128 Å². The highest BCUT2D eigenvalue weighted by atomic mass is 16.2. The fraction of sp³-hybridized carbons (Fsp3) is 0.328. The van der Waals surface area contributed by atoms with Crippen LogP contribution in [0.1, 0.15) is 97.5 Å². The number of rotatable bonds is 6. The van der Waals surface area contributed by atoms with E-state index in [0.29, 0.717) is 101 Å². The minimum atomic E-state index is -0.220. The van der Waals surface area contributed by atoms with Crippen LogP contribution in [0.15, 0.2) is 97.8 Å². The summed E-state index contributed by atoms with van der Waals surface area (Å²) in [4.78, 5) is 109. The third-order valence-electron chi connectivity index (χ3n) is 16.5. The third kappa shape index (κ3) is 8.69. The molecule has 4 amide bonds. The zero-order valence-electron chi connectivity index (χ0n) is 44.1. The average Bonchev–Trinajstić information content (AvgIpc) is 4.47. The molecular weight excluding hydrogens is 999 g/mol. The van der Waals surface area contributed by atoms with Gasteiger partial charge in [0.2, 0.25) is 0 Å². The normalized spacial score (nSPS) is 17.9. The lowest BCUT2D eigenvalue weighted by molar-refractivity contribution is -0.121. The zero-order chi connectivity index (χ0) is 54.2. The molecule has 6 aliphatic rings. The predicted molar refractivity (Wildman–Crippen MR) is 298 cm³/mol. The monoisotopic (exact) mass is 1060 g/mol. The molecule has 2 aliphatic carbocycles. The highest BCUT2D eigenvalue weighted by molar-refractivity contribution is 6.52. The van der Waals surface area contributed by atoms with Crippen LogP contribution in [0.4, 0.5) is 15.3 Å². The lowest BCUT2D eigenvalue weighted by Gasteiger charge is -2.32. The van der Waals surface area contributed by atoms with Crippen molar-refractivity contribution in [1.82, 2.24) is 47.5 Å². The van der Waals surface area contributed by atoms with Crippen molar-refractivity contribution < 1.29 is 33.6 Å². The summed E-state index contributed by atoms with van der Waals surface area (Å²) >= 11 is 0. The number of nitrogen functional groups attached to an aromatic ring is 1. The Bertz CT molecular complexity index is 4000. The van der Waals surface area contributed by atoms with E-state index in [1.807, 2.05) is 114 Å². The number of nitrogens with two attached hydrogens (primary N) is 1. The predicted octanol–water partition coefficient (Wildman–Crippen LogP) is 8.04. The van der Waals surface area contributed by atoms with Gasteiger partial charge in [0.15, 0.2) is 23.1 Å². The Hall–Kier alpha value is -8.93. The van der Waals surface area contributed by atoms with Gasteiger partial charge in [-0.3, -0.25) is 32.8 Å². The summed E-state index contributed by atoms with van der Waals surface area (Å²) in [7, 11) is 0. The van der Waals surface area contributed by atoms with Crippen LogP contribution in [0, 0.1) is 0 Å². The molecule has 14 rings (SSSR count). The van der Waals surface area contributed by atoms with E-state index in [2.05, 4.69) is 19.1 Å². The Morgan fingerprint density at radius 3 is 1.46 bits per heavy atom. The lowest BCUT2D eigenvalue weighted by Crippen LogP contribution is -2.45. The fourth-order valence-corrected chi connectivity index (χ4v) is 13.0. The van der Waals surface area contributed by atoms with Crippen molar-refractivity contribution in [2.45, 2.75) is 90.9 Å². The average molecular weight is 1060 g/mol. The Balaban J connectivity index is 0.000000150. The molecule has 8 aromatic rings. The first-order valence-electron chi connectivity index (χ1n) is 27.5. The van der Waals surface area contributed by atoms with E-state index >= 15 is 0 Å². The van der Waals surface area contributed by atoms with Gasteiger partial charge in [-0.05, 0) is 105 Å². The number of hydrogen-bond acceptors (Lipinski definition) is 10. The van der Waals surface area contributed by atoms with Crippen molar-refractivity contribution in [2.24, 2.45) is 0 Å². The van der Waals surface area contributed by atoms with E-state index in [1.165, 1.54) is 6.42 Å². The number of carbonyl (C=O) groups is 7. The maximum absolute atomic E-state index is 13.5. The van der Waals surface area contributed by atoms with E-state index in [4.69, 9.17) is 5.73 Å². The molecule has 79 heavy (non-hydrogen) atoms. The van der Waals surface area contributed by atoms with E-state index < -0.39 is 0 Å². The second-order valence-corrected chi connectivity index (χ2v) is 21.8. The number of benzene rings is 2. The van der Waals surface area contributed by atoms with Crippen molar-refractivity contribution in [3.05, 3.63) is 137 Å². The van der Waals surface area contributed by atoms with Gasteiger partial charge >= 0.3 is 12.1 Å². The molecule has 18 heteroatoms. The van der Waals surface area contributed by atoms with Crippen LogP contribution < -0.4 is 5.73 Å². The van der Waals surface area contributed by atoms with Crippen LogP contribution in [0.3, 0.4) is 0 Å². The molecule has 2 aromatic carbocycles. The Kier molecular flexibility index (Phi) is 12.5. The fourth-order valence-electron chi connectivity index (χ4n) is 13.0. The van der Waals surface area contributed by atoms with Crippen molar-refractivity contribution >= 4 is 102 Å². The number of aromatic nitrogens is 6. The van der Waals surface area contributed by atoms with Gasteiger partial charge in [0.25, 0.3) is 0 Å². The summed E-state index contributed by atoms with van der Waals surface area (Å²) in [5.74, 6) is -0.802. The van der Waals surface area contributed by atoms with Gasteiger partial charge < -0.3 is 34.5 Å². The Morgan fingerprint density at radius 2 is 0.975 bits per heavy atom. The van der Waals surface area contributed by atoms with E-state index in [0.717, 1.165) is 96.8 Å². The summed E-state index contributed by atoms with van der Waals surface area (Å²) in [5.41, 5.74) is 17.2. The van der Waals surface area contributed by atoms with Crippen LogP contribution >= 0.6 is 0 Å². The maximum atomic E-state index is 13.5. The van der Waals surface area contributed by atoms with Crippen LogP contribution in [0.25, 0.3) is 55.4 Å². The number of piperidine rings is 2. The molecule has 18 nitrogen and oxygen atoms in total. The largest absolute Gasteiger partial charge is 0.399 e. The Labute approximate surface area is 454 Å². The van der Waals surface area contributed by atoms with Gasteiger partial charge in [-0.15, -0.1) is 0 Å². The number of allylic oxidation sites excluding steroid dienone is 4. The maximum Gasteiger partial charge on any atom is 0.320 e. The number of fused-ring (bicyclic) bond motifs is 2. The summed E-state index contributed by atoms with van der Waals surface area (Å²) in [5, 5.41) is 1.66. The number of anilines is 1. The molecule has 4 aliphatic heterocycles. The Morgan fingerprint density at radius 1 is 0.519 bits per heavy atom. The van der Waals surface area contributed by atoms with Crippen molar-refractivity contribution in [2.75, 3.05) is 45.0 Å². The zero-order valence-corrected chi connectivity index (χ0v) is 44.1. The molecule has 6 aromatic heterocycles. The van der Waals surface area contributed by atoms with E-state index in [-0.39, 0.29) is 60.2 Å². The number of carbonyl (C=O) groups excluding carboxylic acids is 7. The SMILES string of the molecule is CC(=O)Cc1cc2c3c(c1)c(C1=C(c4cnc5ccccn45)C(=O)CC1=O)cn3CCN(C(=O)N1CCCCC1)C2.Nc1cc2c3c(c1)c(C1=C(c4cnc5ccccn45)C(=O)CC1=O)cn3CCN(C(=O)N1CCCCC1)C2. The number of nitrogens with zero attached hydrogens (tertiary/aromatic N) is 10. The van der Waals surface area contributed by atoms with Crippen molar-refractivity contribution in [3.8, 4) is 0 Å². The molecule has 2 saturated heterocycles. The summed E-state index contributed by atoms with van der Waals surface area (Å²) in [6.45, 7) is 7.83. The minimum Gasteiger partial charge on any atom is -0.399 e. The van der Waals surface area contributed by atoms with Gasteiger partial charge in [0, 0.05) is 135 Å². The topological polar surface area (TPSA) is 203 Å². The second kappa shape index (κ2) is 19.8. The van der Waals surface area contributed by atoms with Crippen LogP contribution in [0.5, 0.6) is 0 Å². The summed E-state index contributed by atoms with van der Waals surface area (Å²) < 4.78 is 7.90. The molecule has 0 bridgehead atoms. The molecule has 2 fully saturated rings. The van der Waals surface area contributed by atoms with Gasteiger partial charge in [-0.1, -0.05) is 18.2 Å². The number of Topliss-reactive ketones (excluding diaryl/α,β-unsaturated/α-hetero) is 5. The van der Waals surface area contributed by atoms with Gasteiger partial charge in [-0.2, -0.15) is 0 Å². The first kappa shape index (κ1) is 49.6. The van der Waals surface area contributed by atoms with Crippen LogP contribution in [-0.2, 0) is 56.6 Å². The van der Waals surface area contributed by atoms with Crippen LogP contribution in [0.2, 0.25) is 0 Å². The summed E-state index contributed by atoms with van der Waals surface area (Å²) in [6.07, 6.45) is 17.3.